The van der Waals surface area contributed by atoms with E-state index in [1.807, 2.05) is 48.5 Å². The van der Waals surface area contributed by atoms with Gasteiger partial charge in [-0.25, -0.2) is 4.98 Å². The Morgan fingerprint density at radius 3 is 1.70 bits per heavy atom. The second-order valence-electron chi connectivity index (χ2n) is 4.31. The van der Waals surface area contributed by atoms with Crippen molar-refractivity contribution in [2.24, 2.45) is 0 Å². The Morgan fingerprint density at radius 1 is 0.750 bits per heavy atom. The quantitative estimate of drug-likeness (QED) is 0.717. The van der Waals surface area contributed by atoms with E-state index >= 15 is 0 Å². The maximum atomic E-state index is 4.65. The van der Waals surface area contributed by atoms with E-state index in [9.17, 15) is 0 Å². The molecular formula is C17H13N3. The fraction of sp³-hybridized carbons (Fsp3) is 0. The molecule has 3 heterocycles. The topological polar surface area (TPSA) is 38.7 Å². The first-order chi connectivity index (χ1) is 9.86. The second-order valence-corrected chi connectivity index (χ2v) is 4.31. The molecule has 0 fully saturated rings. The summed E-state index contributed by atoms with van der Waals surface area (Å²) in [6.45, 7) is 3.83. The van der Waals surface area contributed by atoms with Crippen LogP contribution in [-0.2, 0) is 0 Å². The van der Waals surface area contributed by atoms with Gasteiger partial charge in [0.2, 0.25) is 0 Å². The zero-order valence-electron chi connectivity index (χ0n) is 10.9. The maximum absolute atomic E-state index is 4.65. The molecule has 0 N–H and O–H groups in total. The standard InChI is InChI=1S/C17H13N3/c1-2-13-11-16(14-7-3-5-9-18-14)20-17(12-13)15-8-4-6-10-19-15/h2-12H,1H2. The van der Waals surface area contributed by atoms with E-state index in [1.54, 1.807) is 18.5 Å². The van der Waals surface area contributed by atoms with Gasteiger partial charge in [-0.1, -0.05) is 24.8 Å². The third-order valence-electron chi connectivity index (χ3n) is 2.94. The molecule has 0 aromatic carbocycles. The van der Waals surface area contributed by atoms with E-state index in [4.69, 9.17) is 0 Å². The number of hydrogen-bond acceptors (Lipinski definition) is 3. The Labute approximate surface area is 117 Å². The van der Waals surface area contributed by atoms with Gasteiger partial charge in [-0.3, -0.25) is 9.97 Å². The van der Waals surface area contributed by atoms with Crippen LogP contribution in [0.15, 0.2) is 67.5 Å². The number of aromatic nitrogens is 3. The van der Waals surface area contributed by atoms with Crippen molar-refractivity contribution in [2.75, 3.05) is 0 Å². The van der Waals surface area contributed by atoms with Crippen molar-refractivity contribution in [3.8, 4) is 22.8 Å². The molecule has 0 spiro atoms. The van der Waals surface area contributed by atoms with Crippen molar-refractivity contribution < 1.29 is 0 Å². The Balaban J connectivity index is 2.15. The van der Waals surface area contributed by atoms with Crippen molar-refractivity contribution in [1.82, 2.24) is 15.0 Å². The number of rotatable bonds is 3. The monoisotopic (exact) mass is 259 g/mol. The Morgan fingerprint density at radius 2 is 1.30 bits per heavy atom. The van der Waals surface area contributed by atoms with Crippen LogP contribution in [0.4, 0.5) is 0 Å². The molecule has 0 aliphatic carbocycles. The molecule has 0 saturated heterocycles. The molecule has 20 heavy (non-hydrogen) atoms. The van der Waals surface area contributed by atoms with Crippen LogP contribution in [-0.4, -0.2) is 15.0 Å². The van der Waals surface area contributed by atoms with E-state index < -0.39 is 0 Å². The predicted molar refractivity (Wildman–Crippen MR) is 80.8 cm³/mol. The fourth-order valence-electron chi connectivity index (χ4n) is 1.96. The zero-order chi connectivity index (χ0) is 13.8. The summed E-state index contributed by atoms with van der Waals surface area (Å²) < 4.78 is 0. The predicted octanol–water partition coefficient (Wildman–Crippen LogP) is 3.85. The lowest BCUT2D eigenvalue weighted by atomic mass is 10.1. The van der Waals surface area contributed by atoms with Crippen LogP contribution in [0.25, 0.3) is 28.9 Å². The van der Waals surface area contributed by atoms with Gasteiger partial charge < -0.3 is 0 Å². The van der Waals surface area contributed by atoms with Crippen molar-refractivity contribution in [3.05, 3.63) is 73.1 Å². The molecular weight excluding hydrogens is 246 g/mol. The van der Waals surface area contributed by atoms with Gasteiger partial charge in [0.1, 0.15) is 0 Å². The molecule has 0 amide bonds. The van der Waals surface area contributed by atoms with Gasteiger partial charge in [-0.05, 0) is 42.0 Å². The van der Waals surface area contributed by atoms with Crippen molar-refractivity contribution in [2.45, 2.75) is 0 Å². The van der Waals surface area contributed by atoms with Gasteiger partial charge in [0.25, 0.3) is 0 Å². The Hall–Kier alpha value is -2.81. The van der Waals surface area contributed by atoms with Crippen LogP contribution in [0.3, 0.4) is 0 Å². The van der Waals surface area contributed by atoms with Gasteiger partial charge in [-0.15, -0.1) is 0 Å². The Bertz CT molecular complexity index is 664. The first-order valence-corrected chi connectivity index (χ1v) is 6.34. The van der Waals surface area contributed by atoms with Gasteiger partial charge in [-0.2, -0.15) is 0 Å². The minimum atomic E-state index is 0.823. The number of hydrogen-bond donors (Lipinski definition) is 0. The molecule has 0 saturated carbocycles. The smallest absolute Gasteiger partial charge is 0.0900 e. The molecule has 96 valence electrons. The van der Waals surface area contributed by atoms with Gasteiger partial charge in [0.15, 0.2) is 0 Å². The van der Waals surface area contributed by atoms with Crippen LogP contribution in [0.5, 0.6) is 0 Å². The summed E-state index contributed by atoms with van der Waals surface area (Å²) in [5, 5.41) is 0. The first kappa shape index (κ1) is 12.2. The molecule has 0 bridgehead atoms. The summed E-state index contributed by atoms with van der Waals surface area (Å²) in [5.74, 6) is 0. The van der Waals surface area contributed by atoms with Crippen molar-refractivity contribution in [3.63, 3.8) is 0 Å². The third kappa shape index (κ3) is 2.47. The van der Waals surface area contributed by atoms with E-state index in [1.165, 1.54) is 0 Å². The summed E-state index contributed by atoms with van der Waals surface area (Å²) in [7, 11) is 0. The molecule has 3 nitrogen and oxygen atoms in total. The Kier molecular flexibility index (Phi) is 3.33. The summed E-state index contributed by atoms with van der Waals surface area (Å²) in [5.41, 5.74) is 4.33. The average molecular weight is 259 g/mol. The van der Waals surface area contributed by atoms with Crippen LogP contribution >= 0.6 is 0 Å². The first-order valence-electron chi connectivity index (χ1n) is 6.34. The van der Waals surface area contributed by atoms with Crippen molar-refractivity contribution >= 4 is 6.08 Å². The van der Waals surface area contributed by atoms with Crippen molar-refractivity contribution in [1.29, 1.82) is 0 Å². The molecule has 3 aromatic rings. The minimum Gasteiger partial charge on any atom is -0.255 e. The maximum Gasteiger partial charge on any atom is 0.0900 e. The highest BCUT2D eigenvalue weighted by atomic mass is 14.8. The summed E-state index contributed by atoms with van der Waals surface area (Å²) >= 11 is 0. The highest BCUT2D eigenvalue weighted by molar-refractivity contribution is 5.67. The van der Waals surface area contributed by atoms with E-state index in [2.05, 4.69) is 21.5 Å². The minimum absolute atomic E-state index is 0.823. The molecule has 0 aliphatic heterocycles. The lowest BCUT2D eigenvalue weighted by Crippen LogP contribution is -1.93. The fourth-order valence-corrected chi connectivity index (χ4v) is 1.96. The molecule has 3 aromatic heterocycles. The normalized spacial score (nSPS) is 10.2. The molecule has 0 aliphatic rings. The van der Waals surface area contributed by atoms with Gasteiger partial charge >= 0.3 is 0 Å². The third-order valence-corrected chi connectivity index (χ3v) is 2.94. The summed E-state index contributed by atoms with van der Waals surface area (Å²) in [4.78, 5) is 13.3. The molecule has 0 radical (unpaired) electrons. The average Bonchev–Trinajstić information content (AvgIpc) is 2.56. The van der Waals surface area contributed by atoms with E-state index in [0.717, 1.165) is 28.3 Å². The lowest BCUT2D eigenvalue weighted by molar-refractivity contribution is 1.22. The van der Waals surface area contributed by atoms with E-state index in [0.29, 0.717) is 0 Å². The molecule has 0 atom stereocenters. The second kappa shape index (κ2) is 5.45. The molecule has 0 unspecified atom stereocenters. The zero-order valence-corrected chi connectivity index (χ0v) is 10.9. The highest BCUT2D eigenvalue weighted by Crippen LogP contribution is 2.22. The van der Waals surface area contributed by atoms with E-state index in [-0.39, 0.29) is 0 Å². The largest absolute Gasteiger partial charge is 0.255 e. The van der Waals surface area contributed by atoms with Gasteiger partial charge in [0, 0.05) is 12.4 Å². The summed E-state index contributed by atoms with van der Waals surface area (Å²) in [6, 6.07) is 15.5. The molecule has 3 rings (SSSR count). The highest BCUT2D eigenvalue weighted by Gasteiger charge is 2.07. The van der Waals surface area contributed by atoms with Crippen LogP contribution < -0.4 is 0 Å². The van der Waals surface area contributed by atoms with Crippen LogP contribution in [0.2, 0.25) is 0 Å². The van der Waals surface area contributed by atoms with Crippen LogP contribution in [0.1, 0.15) is 5.56 Å². The number of pyridine rings is 3. The summed E-state index contributed by atoms with van der Waals surface area (Å²) in [6.07, 6.45) is 5.33. The van der Waals surface area contributed by atoms with Crippen LogP contribution in [0, 0.1) is 0 Å². The SMILES string of the molecule is C=Cc1cc(-c2ccccn2)nc(-c2ccccn2)c1. The molecule has 3 heteroatoms. The van der Waals surface area contributed by atoms with Gasteiger partial charge in [0.05, 0.1) is 22.8 Å². The number of nitrogens with zero attached hydrogens (tertiary/aromatic N) is 3. The lowest BCUT2D eigenvalue weighted by Gasteiger charge is -2.06.